The summed E-state index contributed by atoms with van der Waals surface area (Å²) in [6.07, 6.45) is 0. The standard InChI is InChI=1S/C9H10BrNO3/c10-6-2-1-5(4-12)7(3-6)8(11)9(13)14/h1-3,8,12H,4,11H2,(H,13,14)/t8-/m0/s1. The quantitative estimate of drug-likeness (QED) is 0.757. The van der Waals surface area contributed by atoms with Gasteiger partial charge in [0.2, 0.25) is 0 Å². The summed E-state index contributed by atoms with van der Waals surface area (Å²) >= 11 is 3.21. The fourth-order valence-corrected chi connectivity index (χ4v) is 1.51. The zero-order valence-electron chi connectivity index (χ0n) is 7.27. The van der Waals surface area contributed by atoms with Crippen molar-refractivity contribution >= 4 is 21.9 Å². The molecule has 1 aromatic rings. The molecule has 0 spiro atoms. The lowest BCUT2D eigenvalue weighted by molar-refractivity contribution is -0.138. The predicted octanol–water partition coefficient (Wildman–Crippen LogP) is 1.03. The largest absolute Gasteiger partial charge is 0.480 e. The number of benzene rings is 1. The second-order valence-corrected chi connectivity index (χ2v) is 3.73. The van der Waals surface area contributed by atoms with E-state index in [4.69, 9.17) is 15.9 Å². The molecule has 0 amide bonds. The number of nitrogens with two attached hydrogens (primary N) is 1. The highest BCUT2D eigenvalue weighted by Crippen LogP contribution is 2.21. The molecule has 1 aromatic carbocycles. The molecule has 0 aliphatic carbocycles. The SMILES string of the molecule is N[C@H](C(=O)O)c1cc(Br)ccc1CO. The molecule has 14 heavy (non-hydrogen) atoms. The van der Waals surface area contributed by atoms with E-state index < -0.39 is 12.0 Å². The van der Waals surface area contributed by atoms with Crippen LogP contribution in [-0.2, 0) is 11.4 Å². The van der Waals surface area contributed by atoms with Crippen molar-refractivity contribution in [3.63, 3.8) is 0 Å². The number of halogens is 1. The van der Waals surface area contributed by atoms with Crippen molar-refractivity contribution in [1.82, 2.24) is 0 Å². The zero-order valence-corrected chi connectivity index (χ0v) is 8.86. The number of aliphatic carboxylic acids is 1. The molecule has 4 N–H and O–H groups in total. The minimum Gasteiger partial charge on any atom is -0.480 e. The fourth-order valence-electron chi connectivity index (χ4n) is 1.13. The van der Waals surface area contributed by atoms with Crippen LogP contribution in [-0.4, -0.2) is 16.2 Å². The Morgan fingerprint density at radius 1 is 1.57 bits per heavy atom. The number of rotatable bonds is 3. The Labute approximate surface area is 89.5 Å². The topological polar surface area (TPSA) is 83.6 Å². The third-order valence-corrected chi connectivity index (χ3v) is 2.37. The van der Waals surface area contributed by atoms with Crippen molar-refractivity contribution in [3.8, 4) is 0 Å². The zero-order chi connectivity index (χ0) is 10.7. The third kappa shape index (κ3) is 2.31. The molecule has 76 valence electrons. The van der Waals surface area contributed by atoms with Gasteiger partial charge >= 0.3 is 5.97 Å². The number of aliphatic hydroxyl groups excluding tert-OH is 1. The van der Waals surface area contributed by atoms with Gasteiger partial charge in [-0.1, -0.05) is 22.0 Å². The maximum Gasteiger partial charge on any atom is 0.325 e. The molecular formula is C9H10BrNO3. The lowest BCUT2D eigenvalue weighted by atomic mass is 10.0. The molecule has 4 nitrogen and oxygen atoms in total. The van der Waals surface area contributed by atoms with Crippen molar-refractivity contribution in [1.29, 1.82) is 0 Å². The van der Waals surface area contributed by atoms with E-state index in [1.165, 1.54) is 0 Å². The molecule has 0 bridgehead atoms. The maximum absolute atomic E-state index is 10.7. The Balaban J connectivity index is 3.16. The van der Waals surface area contributed by atoms with E-state index >= 15 is 0 Å². The molecule has 0 aliphatic rings. The first kappa shape index (κ1) is 11.2. The van der Waals surface area contributed by atoms with Crippen LogP contribution in [0.5, 0.6) is 0 Å². The second-order valence-electron chi connectivity index (χ2n) is 2.82. The van der Waals surface area contributed by atoms with E-state index in [2.05, 4.69) is 15.9 Å². The molecule has 0 aliphatic heterocycles. The summed E-state index contributed by atoms with van der Waals surface area (Å²) in [7, 11) is 0. The Morgan fingerprint density at radius 2 is 2.21 bits per heavy atom. The molecule has 0 radical (unpaired) electrons. The summed E-state index contributed by atoms with van der Waals surface area (Å²) in [6, 6.07) is 3.87. The van der Waals surface area contributed by atoms with Crippen LogP contribution in [0.25, 0.3) is 0 Å². The summed E-state index contributed by atoms with van der Waals surface area (Å²) in [5.41, 5.74) is 6.41. The van der Waals surface area contributed by atoms with Crippen LogP contribution in [0.4, 0.5) is 0 Å². The molecule has 1 atom stereocenters. The van der Waals surface area contributed by atoms with E-state index in [1.54, 1.807) is 18.2 Å². The van der Waals surface area contributed by atoms with Gasteiger partial charge in [-0.05, 0) is 23.3 Å². The first-order valence-corrected chi connectivity index (χ1v) is 4.73. The first-order chi connectivity index (χ1) is 6.56. The summed E-state index contributed by atoms with van der Waals surface area (Å²) in [5, 5.41) is 17.7. The van der Waals surface area contributed by atoms with Crippen molar-refractivity contribution in [2.75, 3.05) is 0 Å². The van der Waals surface area contributed by atoms with E-state index in [9.17, 15) is 4.79 Å². The predicted molar refractivity (Wildman–Crippen MR) is 54.6 cm³/mol. The highest BCUT2D eigenvalue weighted by Gasteiger charge is 2.17. The van der Waals surface area contributed by atoms with Gasteiger partial charge in [-0.3, -0.25) is 4.79 Å². The highest BCUT2D eigenvalue weighted by atomic mass is 79.9. The van der Waals surface area contributed by atoms with E-state index in [1.807, 2.05) is 0 Å². The summed E-state index contributed by atoms with van der Waals surface area (Å²) in [6.45, 7) is -0.219. The van der Waals surface area contributed by atoms with Crippen molar-refractivity contribution in [3.05, 3.63) is 33.8 Å². The van der Waals surface area contributed by atoms with Crippen LogP contribution in [0.15, 0.2) is 22.7 Å². The number of carboxylic acid groups (broad SMARTS) is 1. The van der Waals surface area contributed by atoms with Crippen LogP contribution in [0.3, 0.4) is 0 Å². The molecule has 0 saturated carbocycles. The average molecular weight is 260 g/mol. The van der Waals surface area contributed by atoms with Crippen LogP contribution in [0, 0.1) is 0 Å². The molecule has 0 heterocycles. The van der Waals surface area contributed by atoms with Gasteiger partial charge in [0.25, 0.3) is 0 Å². The molecule has 0 unspecified atom stereocenters. The van der Waals surface area contributed by atoms with Gasteiger partial charge in [-0.2, -0.15) is 0 Å². The monoisotopic (exact) mass is 259 g/mol. The molecular weight excluding hydrogens is 250 g/mol. The van der Waals surface area contributed by atoms with Gasteiger partial charge in [-0.25, -0.2) is 0 Å². The van der Waals surface area contributed by atoms with E-state index in [0.717, 1.165) is 4.47 Å². The van der Waals surface area contributed by atoms with Gasteiger partial charge in [0.05, 0.1) is 6.61 Å². The van der Waals surface area contributed by atoms with Crippen molar-refractivity contribution in [2.24, 2.45) is 5.73 Å². The first-order valence-electron chi connectivity index (χ1n) is 3.94. The number of carboxylic acids is 1. The maximum atomic E-state index is 10.7. The second kappa shape index (κ2) is 4.54. The molecule has 5 heteroatoms. The van der Waals surface area contributed by atoms with Gasteiger partial charge in [-0.15, -0.1) is 0 Å². The summed E-state index contributed by atoms with van der Waals surface area (Å²) < 4.78 is 0.737. The molecule has 0 aromatic heterocycles. The summed E-state index contributed by atoms with van der Waals surface area (Å²) in [4.78, 5) is 10.7. The Hall–Kier alpha value is -0.910. The van der Waals surface area contributed by atoms with Crippen molar-refractivity contribution < 1.29 is 15.0 Å². The summed E-state index contributed by atoms with van der Waals surface area (Å²) in [5.74, 6) is -1.11. The lowest BCUT2D eigenvalue weighted by Crippen LogP contribution is -2.22. The highest BCUT2D eigenvalue weighted by molar-refractivity contribution is 9.10. The number of hydrogen-bond acceptors (Lipinski definition) is 3. The van der Waals surface area contributed by atoms with Crippen LogP contribution >= 0.6 is 15.9 Å². The van der Waals surface area contributed by atoms with Crippen LogP contribution in [0.1, 0.15) is 17.2 Å². The smallest absolute Gasteiger partial charge is 0.325 e. The Morgan fingerprint density at radius 3 is 2.71 bits per heavy atom. The Bertz CT molecular complexity index is 354. The van der Waals surface area contributed by atoms with Crippen molar-refractivity contribution in [2.45, 2.75) is 12.6 Å². The van der Waals surface area contributed by atoms with Gasteiger partial charge in [0.1, 0.15) is 6.04 Å². The molecule has 1 rings (SSSR count). The van der Waals surface area contributed by atoms with Gasteiger partial charge in [0.15, 0.2) is 0 Å². The minimum absolute atomic E-state index is 0.219. The lowest BCUT2D eigenvalue weighted by Gasteiger charge is -2.11. The number of hydrogen-bond donors (Lipinski definition) is 3. The third-order valence-electron chi connectivity index (χ3n) is 1.88. The Kier molecular flexibility index (Phi) is 3.62. The van der Waals surface area contributed by atoms with Crippen LogP contribution in [0.2, 0.25) is 0 Å². The number of aliphatic hydroxyl groups is 1. The minimum atomic E-state index is -1.11. The number of carbonyl (C=O) groups is 1. The van der Waals surface area contributed by atoms with Crippen LogP contribution < -0.4 is 5.73 Å². The normalized spacial score (nSPS) is 12.5. The fraction of sp³-hybridized carbons (Fsp3) is 0.222. The molecule has 0 fully saturated rings. The molecule has 0 saturated heterocycles. The van der Waals surface area contributed by atoms with E-state index in [0.29, 0.717) is 11.1 Å². The average Bonchev–Trinajstić information content (AvgIpc) is 2.16. The van der Waals surface area contributed by atoms with Gasteiger partial charge in [0, 0.05) is 4.47 Å². The van der Waals surface area contributed by atoms with E-state index in [-0.39, 0.29) is 6.61 Å². The van der Waals surface area contributed by atoms with Gasteiger partial charge < -0.3 is 15.9 Å².